The minimum atomic E-state index is -3.72. The lowest BCUT2D eigenvalue weighted by Crippen LogP contribution is -2.07. The van der Waals surface area contributed by atoms with Gasteiger partial charge in [0.2, 0.25) is 9.84 Å². The Balaban J connectivity index is 2.57. The van der Waals surface area contributed by atoms with Crippen molar-refractivity contribution >= 4 is 21.2 Å². The lowest BCUT2D eigenvalue weighted by atomic mass is 10.1. The lowest BCUT2D eigenvalue weighted by Gasteiger charge is -2.12. The molecule has 0 atom stereocenters. The van der Waals surface area contributed by atoms with E-state index in [0.717, 1.165) is 5.56 Å². The number of benzene rings is 2. The quantitative estimate of drug-likeness (QED) is 0.826. The fourth-order valence-electron chi connectivity index (χ4n) is 2.19. The highest BCUT2D eigenvalue weighted by atomic mass is 32.2. The van der Waals surface area contributed by atoms with Crippen LogP contribution in [0.4, 0.5) is 11.4 Å². The number of hydrogen-bond acceptors (Lipinski definition) is 5. The zero-order valence-electron chi connectivity index (χ0n) is 12.7. The molecular weight excluding hydrogens is 300 g/mol. The van der Waals surface area contributed by atoms with Crippen LogP contribution in [0.5, 0.6) is 5.75 Å². The fourth-order valence-corrected chi connectivity index (χ4v) is 3.63. The molecule has 0 fully saturated rings. The van der Waals surface area contributed by atoms with E-state index in [4.69, 9.17) is 16.2 Å². The standard InChI is InChI=1S/C16H20N2O3S/c1-3-11-9-13(6-8-14(11)17)22(19,20)16-10-12(21-4-2)5-7-15(16)18/h5-10H,3-4,17-18H2,1-2H3. The second-order valence-corrected chi connectivity index (χ2v) is 6.77. The normalized spacial score (nSPS) is 11.4. The highest BCUT2D eigenvalue weighted by Gasteiger charge is 2.22. The van der Waals surface area contributed by atoms with Gasteiger partial charge in [0.1, 0.15) is 5.75 Å². The molecule has 0 spiro atoms. The number of nitrogen functional groups attached to an aromatic ring is 2. The average Bonchev–Trinajstić information content (AvgIpc) is 2.49. The molecule has 5 nitrogen and oxygen atoms in total. The molecule has 0 amide bonds. The summed E-state index contributed by atoms with van der Waals surface area (Å²) >= 11 is 0. The van der Waals surface area contributed by atoms with Crippen LogP contribution in [0, 0.1) is 0 Å². The number of nitrogens with two attached hydrogens (primary N) is 2. The molecule has 0 saturated heterocycles. The molecular formula is C16H20N2O3S. The number of anilines is 2. The van der Waals surface area contributed by atoms with Gasteiger partial charge in [-0.05, 0) is 49.2 Å². The van der Waals surface area contributed by atoms with Gasteiger partial charge in [0.15, 0.2) is 0 Å². The highest BCUT2D eigenvalue weighted by Crippen LogP contribution is 2.31. The number of ether oxygens (including phenoxy) is 1. The second-order valence-electron chi connectivity index (χ2n) is 4.85. The molecule has 0 aromatic heterocycles. The maximum absolute atomic E-state index is 12.8. The molecule has 0 bridgehead atoms. The number of hydrogen-bond donors (Lipinski definition) is 2. The third-order valence-electron chi connectivity index (χ3n) is 3.39. The lowest BCUT2D eigenvalue weighted by molar-refractivity contribution is 0.339. The summed E-state index contributed by atoms with van der Waals surface area (Å²) < 4.78 is 31.0. The average molecular weight is 320 g/mol. The second kappa shape index (κ2) is 6.27. The van der Waals surface area contributed by atoms with Crippen molar-refractivity contribution in [3.05, 3.63) is 42.0 Å². The van der Waals surface area contributed by atoms with E-state index in [-0.39, 0.29) is 15.5 Å². The molecule has 2 aromatic carbocycles. The Morgan fingerprint density at radius 1 is 1.00 bits per heavy atom. The van der Waals surface area contributed by atoms with Gasteiger partial charge < -0.3 is 16.2 Å². The Labute approximate surface area is 130 Å². The molecule has 0 aliphatic carbocycles. The van der Waals surface area contributed by atoms with Crippen molar-refractivity contribution in [1.82, 2.24) is 0 Å². The van der Waals surface area contributed by atoms with Crippen molar-refractivity contribution in [2.45, 2.75) is 30.1 Å². The molecule has 4 N–H and O–H groups in total. The molecule has 6 heteroatoms. The first-order valence-corrected chi connectivity index (χ1v) is 8.54. The Hall–Kier alpha value is -2.21. The maximum Gasteiger partial charge on any atom is 0.208 e. The molecule has 0 aliphatic heterocycles. The van der Waals surface area contributed by atoms with E-state index < -0.39 is 9.84 Å². The van der Waals surface area contributed by atoms with E-state index in [1.165, 1.54) is 18.2 Å². The van der Waals surface area contributed by atoms with Crippen LogP contribution in [-0.2, 0) is 16.3 Å². The zero-order valence-corrected chi connectivity index (χ0v) is 13.5. The van der Waals surface area contributed by atoms with Gasteiger partial charge in [-0.2, -0.15) is 0 Å². The molecule has 0 radical (unpaired) electrons. The zero-order chi connectivity index (χ0) is 16.3. The Morgan fingerprint density at radius 3 is 2.32 bits per heavy atom. The predicted octanol–water partition coefficient (Wildman–Crippen LogP) is 2.64. The van der Waals surface area contributed by atoms with Gasteiger partial charge in [-0.3, -0.25) is 0 Å². The van der Waals surface area contributed by atoms with Crippen molar-refractivity contribution in [3.63, 3.8) is 0 Å². The summed E-state index contributed by atoms with van der Waals surface area (Å²) in [6.07, 6.45) is 0.656. The van der Waals surface area contributed by atoms with Crippen LogP contribution in [0.1, 0.15) is 19.4 Å². The van der Waals surface area contributed by atoms with Gasteiger partial charge in [-0.15, -0.1) is 0 Å². The summed E-state index contributed by atoms with van der Waals surface area (Å²) in [7, 11) is -3.72. The van der Waals surface area contributed by atoms with Crippen LogP contribution in [-0.4, -0.2) is 15.0 Å². The molecule has 22 heavy (non-hydrogen) atoms. The van der Waals surface area contributed by atoms with E-state index in [0.29, 0.717) is 24.5 Å². The van der Waals surface area contributed by atoms with Crippen LogP contribution in [0.15, 0.2) is 46.2 Å². The van der Waals surface area contributed by atoms with Crippen molar-refractivity contribution in [2.75, 3.05) is 18.1 Å². The molecule has 2 rings (SSSR count). The minimum absolute atomic E-state index is 0.0466. The minimum Gasteiger partial charge on any atom is -0.494 e. The van der Waals surface area contributed by atoms with Gasteiger partial charge in [-0.1, -0.05) is 6.92 Å². The highest BCUT2D eigenvalue weighted by molar-refractivity contribution is 7.91. The number of sulfone groups is 1. The Kier molecular flexibility index (Phi) is 4.61. The van der Waals surface area contributed by atoms with E-state index in [2.05, 4.69) is 0 Å². The Morgan fingerprint density at radius 2 is 1.68 bits per heavy atom. The fraction of sp³-hybridized carbons (Fsp3) is 0.250. The van der Waals surface area contributed by atoms with E-state index in [9.17, 15) is 8.42 Å². The monoisotopic (exact) mass is 320 g/mol. The topological polar surface area (TPSA) is 95.4 Å². The van der Waals surface area contributed by atoms with Gasteiger partial charge >= 0.3 is 0 Å². The van der Waals surface area contributed by atoms with Gasteiger partial charge in [0, 0.05) is 11.8 Å². The van der Waals surface area contributed by atoms with Crippen LogP contribution in [0.3, 0.4) is 0 Å². The van der Waals surface area contributed by atoms with Crippen LogP contribution in [0.25, 0.3) is 0 Å². The van der Waals surface area contributed by atoms with E-state index in [1.54, 1.807) is 18.2 Å². The summed E-state index contributed by atoms with van der Waals surface area (Å²) in [5.41, 5.74) is 13.3. The summed E-state index contributed by atoms with van der Waals surface area (Å²) in [5, 5.41) is 0. The maximum atomic E-state index is 12.8. The van der Waals surface area contributed by atoms with Gasteiger partial charge in [0.05, 0.1) is 22.1 Å². The van der Waals surface area contributed by atoms with Crippen LogP contribution < -0.4 is 16.2 Å². The Bertz CT molecular complexity index is 786. The molecule has 2 aromatic rings. The SMILES string of the molecule is CCOc1ccc(N)c(S(=O)(=O)c2ccc(N)c(CC)c2)c1. The van der Waals surface area contributed by atoms with E-state index >= 15 is 0 Å². The molecule has 0 saturated carbocycles. The van der Waals surface area contributed by atoms with Crippen molar-refractivity contribution < 1.29 is 13.2 Å². The van der Waals surface area contributed by atoms with Crippen LogP contribution >= 0.6 is 0 Å². The van der Waals surface area contributed by atoms with E-state index in [1.807, 2.05) is 13.8 Å². The number of rotatable bonds is 5. The largest absolute Gasteiger partial charge is 0.494 e. The first-order chi connectivity index (χ1) is 10.4. The summed E-state index contributed by atoms with van der Waals surface area (Å²) in [4.78, 5) is 0.226. The third kappa shape index (κ3) is 3.01. The third-order valence-corrected chi connectivity index (χ3v) is 5.20. The molecule has 0 unspecified atom stereocenters. The molecule has 0 heterocycles. The first-order valence-electron chi connectivity index (χ1n) is 7.06. The molecule has 0 aliphatic rings. The van der Waals surface area contributed by atoms with Crippen molar-refractivity contribution in [3.8, 4) is 5.75 Å². The summed E-state index contributed by atoms with van der Waals surface area (Å²) in [6, 6.07) is 9.34. The van der Waals surface area contributed by atoms with Crippen molar-refractivity contribution in [2.24, 2.45) is 0 Å². The first kappa shape index (κ1) is 16.2. The van der Waals surface area contributed by atoms with Gasteiger partial charge in [0.25, 0.3) is 0 Å². The van der Waals surface area contributed by atoms with Crippen molar-refractivity contribution in [1.29, 1.82) is 0 Å². The smallest absolute Gasteiger partial charge is 0.208 e. The van der Waals surface area contributed by atoms with Gasteiger partial charge in [-0.25, -0.2) is 8.42 Å². The summed E-state index contributed by atoms with van der Waals surface area (Å²) in [5.74, 6) is 0.474. The number of aryl methyl sites for hydroxylation is 1. The summed E-state index contributed by atoms with van der Waals surface area (Å²) in [6.45, 7) is 4.20. The van der Waals surface area contributed by atoms with Crippen LogP contribution in [0.2, 0.25) is 0 Å². The molecule has 118 valence electrons. The predicted molar refractivity (Wildman–Crippen MR) is 87.7 cm³/mol.